The Morgan fingerprint density at radius 1 is 0.442 bits per heavy atom. The summed E-state index contributed by atoms with van der Waals surface area (Å²) in [6.07, 6.45) is 69.6. The smallest absolute Gasteiger partial charge is 0.306 e. The van der Waals surface area contributed by atoms with Crippen LogP contribution >= 0.6 is 7.82 Å². The highest BCUT2D eigenvalue weighted by molar-refractivity contribution is 7.45. The van der Waals surface area contributed by atoms with Crippen LogP contribution in [0.2, 0.25) is 0 Å². The monoisotopic (exact) mass is 1100 g/mol. The van der Waals surface area contributed by atoms with E-state index in [1.54, 1.807) is 0 Å². The van der Waals surface area contributed by atoms with Crippen molar-refractivity contribution in [2.24, 2.45) is 0 Å². The second-order valence-corrected chi connectivity index (χ2v) is 25.4. The third kappa shape index (κ3) is 58.7. The van der Waals surface area contributed by atoms with Crippen LogP contribution in [0, 0.1) is 0 Å². The second kappa shape index (κ2) is 57.5. The fourth-order valence-corrected chi connectivity index (χ4v) is 10.6. The molecule has 0 spiro atoms. The summed E-state index contributed by atoms with van der Waals surface area (Å²) in [5, 5.41) is 3.04. The molecule has 77 heavy (non-hydrogen) atoms. The van der Waals surface area contributed by atoms with Crippen LogP contribution in [-0.4, -0.2) is 69.4 Å². The Hall–Kier alpha value is -1.77. The maximum absolute atomic E-state index is 13.6. The van der Waals surface area contributed by atoms with Gasteiger partial charge in [0.25, 0.3) is 7.82 Å². The number of carbonyl (C=O) groups is 2. The summed E-state index contributed by atoms with van der Waals surface area (Å²) < 4.78 is 30.4. The summed E-state index contributed by atoms with van der Waals surface area (Å²) in [6.45, 7) is 6.88. The van der Waals surface area contributed by atoms with E-state index in [-0.39, 0.29) is 31.5 Å². The third-order valence-electron chi connectivity index (χ3n) is 15.0. The van der Waals surface area contributed by atoms with Crippen molar-refractivity contribution in [2.45, 2.75) is 341 Å². The molecule has 0 aromatic carbocycles. The van der Waals surface area contributed by atoms with E-state index >= 15 is 0 Å². The van der Waals surface area contributed by atoms with Gasteiger partial charge < -0.3 is 28.5 Å². The fourth-order valence-electron chi connectivity index (χ4n) is 9.87. The fraction of sp³-hybridized carbons (Fsp3) is 0.881. The number of likely N-dealkylation sites (N-methyl/N-ethyl adjacent to an activating group) is 1. The van der Waals surface area contributed by atoms with Gasteiger partial charge in [-0.25, -0.2) is 0 Å². The van der Waals surface area contributed by atoms with Crippen molar-refractivity contribution in [1.29, 1.82) is 0 Å². The lowest BCUT2D eigenvalue weighted by Gasteiger charge is -2.30. The quantitative estimate of drug-likeness (QED) is 0.0212. The number of quaternary nitrogens is 1. The third-order valence-corrected chi connectivity index (χ3v) is 16.0. The molecule has 3 atom stereocenters. The molecule has 0 radical (unpaired) electrons. The molecule has 0 bridgehead atoms. The van der Waals surface area contributed by atoms with E-state index in [4.69, 9.17) is 13.8 Å². The molecule has 3 unspecified atom stereocenters. The van der Waals surface area contributed by atoms with Gasteiger partial charge in [0.05, 0.1) is 33.8 Å². The number of amides is 1. The minimum Gasteiger partial charge on any atom is -0.756 e. The molecular formula is C67H129N2O7P. The lowest BCUT2D eigenvalue weighted by molar-refractivity contribution is -0.870. The SMILES string of the molecule is CCCCCCCC/C=C/CCCCCCCCCCCCCC(=O)OC(/C=C/CCCCCCCCCCCCC)C(COP(=O)([O-])OCC[N+](C)(C)C)NC(=O)CCCCCCCCC/C=C/CCCCCCCC. The molecule has 0 heterocycles. The lowest BCUT2D eigenvalue weighted by atomic mass is 10.0. The minimum absolute atomic E-state index is 0.0212. The number of carbonyl (C=O) groups excluding carboxylic acids is 2. The van der Waals surface area contributed by atoms with Crippen molar-refractivity contribution in [2.75, 3.05) is 40.9 Å². The summed E-state index contributed by atoms with van der Waals surface area (Å²) in [5.41, 5.74) is 0. The molecular weight excluding hydrogens is 976 g/mol. The van der Waals surface area contributed by atoms with E-state index in [1.807, 2.05) is 33.3 Å². The van der Waals surface area contributed by atoms with Crippen molar-refractivity contribution in [3.8, 4) is 0 Å². The Morgan fingerprint density at radius 3 is 1.10 bits per heavy atom. The zero-order valence-corrected chi connectivity index (χ0v) is 52.8. The molecule has 0 fully saturated rings. The zero-order chi connectivity index (χ0) is 56.4. The van der Waals surface area contributed by atoms with Crippen LogP contribution in [0.5, 0.6) is 0 Å². The van der Waals surface area contributed by atoms with Gasteiger partial charge in [0.2, 0.25) is 5.91 Å². The van der Waals surface area contributed by atoms with Gasteiger partial charge in [0.15, 0.2) is 0 Å². The number of nitrogens with one attached hydrogen (secondary N) is 1. The van der Waals surface area contributed by atoms with Gasteiger partial charge >= 0.3 is 5.97 Å². The number of phosphoric acid groups is 1. The maximum Gasteiger partial charge on any atom is 0.306 e. The molecule has 0 aliphatic rings. The van der Waals surface area contributed by atoms with Crippen LogP contribution in [0.1, 0.15) is 329 Å². The summed E-state index contributed by atoms with van der Waals surface area (Å²) >= 11 is 0. The molecule has 1 amide bonds. The number of unbranched alkanes of at least 4 members (excludes halogenated alkanes) is 41. The van der Waals surface area contributed by atoms with Crippen LogP contribution in [0.25, 0.3) is 0 Å². The molecule has 0 saturated heterocycles. The molecule has 0 aromatic rings. The van der Waals surface area contributed by atoms with Gasteiger partial charge in [-0.1, -0.05) is 269 Å². The summed E-state index contributed by atoms with van der Waals surface area (Å²) in [7, 11) is 1.19. The first-order valence-corrected chi connectivity index (χ1v) is 34.8. The highest BCUT2D eigenvalue weighted by atomic mass is 31.2. The van der Waals surface area contributed by atoms with Gasteiger partial charge in [-0.05, 0) is 83.1 Å². The molecule has 0 saturated carbocycles. The van der Waals surface area contributed by atoms with E-state index < -0.39 is 20.0 Å². The number of hydrogen-bond acceptors (Lipinski definition) is 7. The standard InChI is InChI=1S/C67H129N2O7P/c1-7-10-13-16-19-22-25-28-30-32-33-34-35-37-39-42-45-48-51-54-57-60-67(71)76-65(58-55-52-49-46-43-40-27-24-21-18-15-12-9-3)64(63-75-77(72,73)74-62-61-69(4,5)6)68-66(70)59-56-53-50-47-44-41-38-36-31-29-26-23-20-17-14-11-8-2/h28-31,55,58,64-65H,7-27,32-54,56-57,59-63H2,1-6H3,(H-,68,70,72,73)/b30-28+,31-29+,58-55+. The van der Waals surface area contributed by atoms with E-state index in [1.165, 1.54) is 225 Å². The van der Waals surface area contributed by atoms with Crippen LogP contribution in [0.4, 0.5) is 0 Å². The van der Waals surface area contributed by atoms with Gasteiger partial charge in [0.1, 0.15) is 19.3 Å². The van der Waals surface area contributed by atoms with Crippen molar-refractivity contribution < 1.29 is 37.3 Å². The van der Waals surface area contributed by atoms with Crippen molar-refractivity contribution in [3.05, 3.63) is 36.5 Å². The maximum atomic E-state index is 13.6. The predicted molar refractivity (Wildman–Crippen MR) is 330 cm³/mol. The number of phosphoric ester groups is 1. The molecule has 0 rings (SSSR count). The van der Waals surface area contributed by atoms with Gasteiger partial charge in [-0.15, -0.1) is 0 Å². The molecule has 0 aliphatic carbocycles. The van der Waals surface area contributed by atoms with Crippen LogP contribution in [0.3, 0.4) is 0 Å². The van der Waals surface area contributed by atoms with E-state index in [9.17, 15) is 19.0 Å². The van der Waals surface area contributed by atoms with E-state index in [0.717, 1.165) is 70.6 Å². The Balaban J connectivity index is 5.19. The Labute approximate surface area is 478 Å². The van der Waals surface area contributed by atoms with E-state index in [0.29, 0.717) is 17.4 Å². The number of rotatable bonds is 61. The minimum atomic E-state index is -4.70. The van der Waals surface area contributed by atoms with Crippen LogP contribution in [-0.2, 0) is 27.9 Å². The highest BCUT2D eigenvalue weighted by Crippen LogP contribution is 2.38. The zero-order valence-electron chi connectivity index (χ0n) is 51.9. The van der Waals surface area contributed by atoms with Gasteiger partial charge in [-0.3, -0.25) is 14.2 Å². The largest absolute Gasteiger partial charge is 0.756 e. The predicted octanol–water partition coefficient (Wildman–Crippen LogP) is 20.0. The lowest BCUT2D eigenvalue weighted by Crippen LogP contribution is -2.47. The topological polar surface area (TPSA) is 114 Å². The first-order chi connectivity index (χ1) is 37.4. The molecule has 10 heteroatoms. The molecule has 9 nitrogen and oxygen atoms in total. The van der Waals surface area contributed by atoms with Crippen LogP contribution in [0.15, 0.2) is 36.5 Å². The second-order valence-electron chi connectivity index (χ2n) is 24.0. The Kier molecular flexibility index (Phi) is 56.1. The summed E-state index contributed by atoms with van der Waals surface area (Å²) in [6, 6.07) is -0.888. The van der Waals surface area contributed by atoms with Crippen molar-refractivity contribution >= 4 is 19.7 Å². The Bertz CT molecular complexity index is 1410. The number of hydrogen-bond donors (Lipinski definition) is 1. The number of nitrogens with zero attached hydrogens (tertiary/aromatic N) is 1. The van der Waals surface area contributed by atoms with Gasteiger partial charge in [0, 0.05) is 12.8 Å². The van der Waals surface area contributed by atoms with Gasteiger partial charge in [-0.2, -0.15) is 0 Å². The molecule has 0 aromatic heterocycles. The summed E-state index contributed by atoms with van der Waals surface area (Å²) in [4.78, 5) is 40.1. The number of allylic oxidation sites excluding steroid dienone is 5. The normalized spacial score (nSPS) is 13.8. The van der Waals surface area contributed by atoms with Crippen molar-refractivity contribution in [3.63, 3.8) is 0 Å². The van der Waals surface area contributed by atoms with Crippen LogP contribution < -0.4 is 10.2 Å². The van der Waals surface area contributed by atoms with E-state index in [2.05, 4.69) is 50.4 Å². The van der Waals surface area contributed by atoms with Crippen molar-refractivity contribution in [1.82, 2.24) is 5.32 Å². The first kappa shape index (κ1) is 75.2. The average Bonchev–Trinajstić information content (AvgIpc) is 3.39. The molecule has 0 aliphatic heterocycles. The number of esters is 1. The average molecular weight is 1110 g/mol. The molecule has 1 N–H and O–H groups in total. The number of ether oxygens (including phenoxy) is 1. The summed E-state index contributed by atoms with van der Waals surface area (Å²) in [5.74, 6) is -0.532. The Morgan fingerprint density at radius 2 is 0.753 bits per heavy atom. The first-order valence-electron chi connectivity index (χ1n) is 33.3. The molecule has 454 valence electrons. The highest BCUT2D eigenvalue weighted by Gasteiger charge is 2.27.